The Hall–Kier alpha value is -1.48. The van der Waals surface area contributed by atoms with Gasteiger partial charge in [0.05, 0.1) is 18.1 Å². The summed E-state index contributed by atoms with van der Waals surface area (Å²) >= 11 is 0. The number of hydrogen-bond acceptors (Lipinski definition) is 5. The van der Waals surface area contributed by atoms with Crippen LogP contribution in [-0.4, -0.2) is 65.2 Å². The highest BCUT2D eigenvalue weighted by Gasteiger charge is 2.26. The molecule has 1 aliphatic rings. The standard InChI is InChI=1S/C15H22N2O5S/c1-21-10-2-7-16-15(18)13-3-5-14(6-4-13)23(19,20)17-8-11-22-12-9-17/h3-6H,2,7-12H2,1H3,(H,16,18). The Morgan fingerprint density at radius 1 is 1.26 bits per heavy atom. The number of nitrogens with one attached hydrogen (secondary N) is 1. The molecule has 1 aliphatic heterocycles. The molecule has 23 heavy (non-hydrogen) atoms. The molecule has 7 nitrogen and oxygen atoms in total. The molecule has 1 aromatic carbocycles. The van der Waals surface area contributed by atoms with Crippen molar-refractivity contribution in [3.63, 3.8) is 0 Å². The lowest BCUT2D eigenvalue weighted by atomic mass is 10.2. The van der Waals surface area contributed by atoms with Crippen LogP contribution >= 0.6 is 0 Å². The number of hydrogen-bond donors (Lipinski definition) is 1. The first-order valence-electron chi connectivity index (χ1n) is 7.51. The quantitative estimate of drug-likeness (QED) is 0.728. The number of rotatable bonds is 7. The molecule has 1 heterocycles. The second-order valence-corrected chi connectivity index (χ2v) is 7.08. The molecule has 1 aromatic rings. The predicted molar refractivity (Wildman–Crippen MR) is 84.8 cm³/mol. The van der Waals surface area contributed by atoms with Gasteiger partial charge >= 0.3 is 0 Å². The van der Waals surface area contributed by atoms with Gasteiger partial charge < -0.3 is 14.8 Å². The fraction of sp³-hybridized carbons (Fsp3) is 0.533. The normalized spacial score (nSPS) is 16.2. The van der Waals surface area contributed by atoms with E-state index in [0.717, 1.165) is 6.42 Å². The highest BCUT2D eigenvalue weighted by Crippen LogP contribution is 2.17. The van der Waals surface area contributed by atoms with Gasteiger partial charge in [-0.25, -0.2) is 8.42 Å². The maximum absolute atomic E-state index is 12.5. The Morgan fingerprint density at radius 2 is 1.91 bits per heavy atom. The smallest absolute Gasteiger partial charge is 0.251 e. The molecule has 0 radical (unpaired) electrons. The molecule has 0 bridgehead atoms. The zero-order valence-corrected chi connectivity index (χ0v) is 14.0. The van der Waals surface area contributed by atoms with Crippen LogP contribution in [0.15, 0.2) is 29.2 Å². The van der Waals surface area contributed by atoms with E-state index in [2.05, 4.69) is 5.32 Å². The lowest BCUT2D eigenvalue weighted by Crippen LogP contribution is -2.40. The third kappa shape index (κ3) is 4.74. The molecule has 0 atom stereocenters. The molecule has 1 saturated heterocycles. The Labute approximate surface area is 136 Å². The van der Waals surface area contributed by atoms with Crippen molar-refractivity contribution < 1.29 is 22.7 Å². The molecule has 2 rings (SSSR count). The lowest BCUT2D eigenvalue weighted by molar-refractivity contribution is 0.0730. The van der Waals surface area contributed by atoms with E-state index in [1.54, 1.807) is 7.11 Å². The highest BCUT2D eigenvalue weighted by molar-refractivity contribution is 7.89. The van der Waals surface area contributed by atoms with Crippen molar-refractivity contribution in [2.24, 2.45) is 0 Å². The van der Waals surface area contributed by atoms with E-state index in [1.165, 1.54) is 28.6 Å². The van der Waals surface area contributed by atoms with Gasteiger partial charge in [-0.2, -0.15) is 4.31 Å². The minimum atomic E-state index is -3.52. The van der Waals surface area contributed by atoms with E-state index in [-0.39, 0.29) is 10.8 Å². The Kier molecular flexibility index (Phi) is 6.52. The Bertz CT molecular complexity index is 609. The second-order valence-electron chi connectivity index (χ2n) is 5.14. The maximum atomic E-state index is 12.5. The summed E-state index contributed by atoms with van der Waals surface area (Å²) in [6.45, 7) is 2.61. The summed E-state index contributed by atoms with van der Waals surface area (Å²) in [7, 11) is -1.92. The number of carbonyl (C=O) groups excluding carboxylic acids is 1. The van der Waals surface area contributed by atoms with Crippen molar-refractivity contribution in [1.82, 2.24) is 9.62 Å². The third-order valence-corrected chi connectivity index (χ3v) is 5.45. The van der Waals surface area contributed by atoms with Crippen LogP contribution in [0, 0.1) is 0 Å². The number of ether oxygens (including phenoxy) is 2. The average molecular weight is 342 g/mol. The summed E-state index contributed by atoms with van der Waals surface area (Å²) < 4.78 is 36.4. The van der Waals surface area contributed by atoms with Gasteiger partial charge in [0.2, 0.25) is 10.0 Å². The summed E-state index contributed by atoms with van der Waals surface area (Å²) in [4.78, 5) is 12.1. The third-order valence-electron chi connectivity index (χ3n) is 3.54. The molecular formula is C15H22N2O5S. The van der Waals surface area contributed by atoms with Gasteiger partial charge in [-0.1, -0.05) is 0 Å². The summed E-state index contributed by atoms with van der Waals surface area (Å²) in [6, 6.07) is 5.99. The van der Waals surface area contributed by atoms with E-state index in [0.29, 0.717) is 45.0 Å². The summed E-state index contributed by atoms with van der Waals surface area (Å²) in [5, 5.41) is 2.76. The van der Waals surface area contributed by atoms with Crippen molar-refractivity contribution >= 4 is 15.9 Å². The van der Waals surface area contributed by atoms with Crippen molar-refractivity contribution in [1.29, 1.82) is 0 Å². The number of methoxy groups -OCH3 is 1. The molecule has 1 amide bonds. The molecular weight excluding hydrogens is 320 g/mol. The first-order valence-corrected chi connectivity index (χ1v) is 8.95. The minimum absolute atomic E-state index is 0.190. The molecule has 0 spiro atoms. The lowest BCUT2D eigenvalue weighted by Gasteiger charge is -2.26. The van der Waals surface area contributed by atoms with E-state index < -0.39 is 10.0 Å². The fourth-order valence-electron chi connectivity index (χ4n) is 2.23. The maximum Gasteiger partial charge on any atom is 0.251 e. The zero-order chi connectivity index (χ0) is 16.7. The Balaban J connectivity index is 1.99. The zero-order valence-electron chi connectivity index (χ0n) is 13.2. The summed E-state index contributed by atoms with van der Waals surface area (Å²) in [5.74, 6) is -0.226. The van der Waals surface area contributed by atoms with Gasteiger partial charge in [0, 0.05) is 38.9 Å². The van der Waals surface area contributed by atoms with Crippen LogP contribution in [0.4, 0.5) is 0 Å². The van der Waals surface area contributed by atoms with Crippen LogP contribution < -0.4 is 5.32 Å². The topological polar surface area (TPSA) is 84.9 Å². The minimum Gasteiger partial charge on any atom is -0.385 e. The van der Waals surface area contributed by atoms with Crippen LogP contribution in [0.5, 0.6) is 0 Å². The van der Waals surface area contributed by atoms with E-state index in [9.17, 15) is 13.2 Å². The van der Waals surface area contributed by atoms with E-state index >= 15 is 0 Å². The van der Waals surface area contributed by atoms with Gasteiger partial charge in [-0.05, 0) is 30.7 Å². The first-order chi connectivity index (χ1) is 11.1. The largest absolute Gasteiger partial charge is 0.385 e. The van der Waals surface area contributed by atoms with Gasteiger partial charge in [-0.3, -0.25) is 4.79 Å². The monoisotopic (exact) mass is 342 g/mol. The van der Waals surface area contributed by atoms with E-state index in [4.69, 9.17) is 9.47 Å². The average Bonchev–Trinajstić information content (AvgIpc) is 2.59. The van der Waals surface area contributed by atoms with Crippen molar-refractivity contribution in [2.45, 2.75) is 11.3 Å². The van der Waals surface area contributed by atoms with Gasteiger partial charge in [0.1, 0.15) is 0 Å². The molecule has 0 aromatic heterocycles. The predicted octanol–water partition coefficient (Wildman–Crippen LogP) is 0.474. The summed E-state index contributed by atoms with van der Waals surface area (Å²) in [6.07, 6.45) is 0.728. The number of amides is 1. The van der Waals surface area contributed by atoms with Crippen LogP contribution in [0.2, 0.25) is 0 Å². The highest BCUT2D eigenvalue weighted by atomic mass is 32.2. The Morgan fingerprint density at radius 3 is 2.52 bits per heavy atom. The molecule has 1 N–H and O–H groups in total. The fourth-order valence-corrected chi connectivity index (χ4v) is 3.64. The summed E-state index contributed by atoms with van der Waals surface area (Å²) in [5.41, 5.74) is 0.434. The van der Waals surface area contributed by atoms with Gasteiger partial charge in [-0.15, -0.1) is 0 Å². The van der Waals surface area contributed by atoms with Gasteiger partial charge in [0.25, 0.3) is 5.91 Å². The first kappa shape index (κ1) is 17.9. The van der Waals surface area contributed by atoms with Crippen molar-refractivity contribution in [2.75, 3.05) is 46.6 Å². The van der Waals surface area contributed by atoms with E-state index in [1.807, 2.05) is 0 Å². The number of sulfonamides is 1. The number of morpholine rings is 1. The second kappa shape index (κ2) is 8.39. The van der Waals surface area contributed by atoms with Crippen LogP contribution in [-0.2, 0) is 19.5 Å². The van der Waals surface area contributed by atoms with Gasteiger partial charge in [0.15, 0.2) is 0 Å². The molecule has 128 valence electrons. The van der Waals surface area contributed by atoms with Crippen molar-refractivity contribution in [3.8, 4) is 0 Å². The van der Waals surface area contributed by atoms with Crippen LogP contribution in [0.3, 0.4) is 0 Å². The molecule has 0 unspecified atom stereocenters. The van der Waals surface area contributed by atoms with Crippen LogP contribution in [0.25, 0.3) is 0 Å². The number of nitrogens with zero attached hydrogens (tertiary/aromatic N) is 1. The van der Waals surface area contributed by atoms with Crippen molar-refractivity contribution in [3.05, 3.63) is 29.8 Å². The molecule has 1 fully saturated rings. The molecule has 8 heteroatoms. The molecule has 0 saturated carbocycles. The molecule has 0 aliphatic carbocycles. The van der Waals surface area contributed by atoms with Crippen LogP contribution in [0.1, 0.15) is 16.8 Å². The number of carbonyl (C=O) groups is 1. The number of benzene rings is 1. The SMILES string of the molecule is COCCCNC(=O)c1ccc(S(=O)(=O)N2CCOCC2)cc1.